The summed E-state index contributed by atoms with van der Waals surface area (Å²) in [6, 6.07) is 0. The van der Waals surface area contributed by atoms with E-state index >= 15 is 0 Å². The second-order valence-electron chi connectivity index (χ2n) is 1.52. The van der Waals surface area contributed by atoms with Crippen LogP contribution in [0.2, 0.25) is 7.96 Å². The van der Waals surface area contributed by atoms with Gasteiger partial charge in [0.1, 0.15) is 0 Å². The monoisotopic (exact) mass is 306 g/mol. The molecule has 0 fully saturated rings. The molecule has 0 aliphatic carbocycles. The van der Waals surface area contributed by atoms with Crippen molar-refractivity contribution in [3.63, 3.8) is 0 Å². The SMILES string of the molecule is C=C[CH2][Pb](=[O])[CH2]C=C. The van der Waals surface area contributed by atoms with Crippen LogP contribution in [-0.4, -0.2) is 22.7 Å². The molecule has 0 radical (unpaired) electrons. The van der Waals surface area contributed by atoms with Crippen LogP contribution in [0, 0.1) is 0 Å². The third kappa shape index (κ3) is 4.36. The Labute approximate surface area is 58.7 Å². The molecule has 2 heteroatoms. The van der Waals surface area contributed by atoms with Crippen molar-refractivity contribution in [3.8, 4) is 0 Å². The molecule has 0 aromatic rings. The summed E-state index contributed by atoms with van der Waals surface area (Å²) in [5.74, 6) is 0. The summed E-state index contributed by atoms with van der Waals surface area (Å²) in [6.07, 6.45) is 3.47. The Morgan fingerprint density at radius 3 is 1.88 bits per heavy atom. The van der Waals surface area contributed by atoms with Crippen LogP contribution in [0.4, 0.5) is 0 Å². The van der Waals surface area contributed by atoms with E-state index in [4.69, 9.17) is 0 Å². The van der Waals surface area contributed by atoms with Crippen molar-refractivity contribution in [2.45, 2.75) is 7.96 Å². The fourth-order valence-electron chi connectivity index (χ4n) is 0.405. The Kier molecular flexibility index (Phi) is 5.48. The van der Waals surface area contributed by atoms with Crippen molar-refractivity contribution in [1.82, 2.24) is 0 Å². The van der Waals surface area contributed by atoms with E-state index in [0.29, 0.717) is 0 Å². The molecule has 0 spiro atoms. The molecule has 0 aromatic heterocycles. The van der Waals surface area contributed by atoms with Crippen molar-refractivity contribution in [3.05, 3.63) is 25.3 Å². The Balaban J connectivity index is 3.32. The molecule has 0 rings (SSSR count). The topological polar surface area (TPSA) is 17.1 Å². The Bertz CT molecular complexity index is 95.1. The molecule has 0 aliphatic rings. The van der Waals surface area contributed by atoms with Crippen LogP contribution < -0.4 is 0 Å². The molecule has 44 valence electrons. The van der Waals surface area contributed by atoms with Crippen LogP contribution in [0.3, 0.4) is 0 Å². The van der Waals surface area contributed by atoms with Gasteiger partial charge in [0.15, 0.2) is 0 Å². The van der Waals surface area contributed by atoms with Gasteiger partial charge in [-0.05, 0) is 0 Å². The zero-order valence-corrected chi connectivity index (χ0v) is 8.78. The van der Waals surface area contributed by atoms with Crippen LogP contribution in [0.5, 0.6) is 0 Å². The molecule has 0 saturated carbocycles. The number of hydrogen-bond acceptors (Lipinski definition) is 1. The van der Waals surface area contributed by atoms with E-state index in [1.54, 1.807) is 12.2 Å². The molecule has 0 atom stereocenters. The van der Waals surface area contributed by atoms with Gasteiger partial charge in [-0.3, -0.25) is 0 Å². The molecule has 0 saturated heterocycles. The average molecular weight is 305 g/mol. The summed E-state index contributed by atoms with van der Waals surface area (Å²) in [7, 11) is 0. The van der Waals surface area contributed by atoms with Gasteiger partial charge in [-0.15, -0.1) is 0 Å². The van der Waals surface area contributed by atoms with Gasteiger partial charge in [-0.2, -0.15) is 0 Å². The quantitative estimate of drug-likeness (QED) is 0.571. The van der Waals surface area contributed by atoms with Crippen LogP contribution in [0.15, 0.2) is 25.3 Å². The first-order chi connectivity index (χ1) is 3.81. The van der Waals surface area contributed by atoms with E-state index in [1.165, 1.54) is 0 Å². The second-order valence-corrected chi connectivity index (χ2v) is 8.89. The fourth-order valence-corrected chi connectivity index (χ4v) is 3.56. The number of allylic oxidation sites excluding steroid dienone is 2. The minimum atomic E-state index is -2.31. The van der Waals surface area contributed by atoms with Gasteiger partial charge >= 0.3 is 58.7 Å². The maximum atomic E-state index is 10.8. The van der Waals surface area contributed by atoms with Crippen molar-refractivity contribution in [1.29, 1.82) is 0 Å². The van der Waals surface area contributed by atoms with Crippen LogP contribution >= 0.6 is 0 Å². The molecule has 0 aliphatic heterocycles. The standard InChI is InChI=1S/2C3H5.O.Pb/c2*1-3-2;;/h2*3H,1-2H2;;. The van der Waals surface area contributed by atoms with Gasteiger partial charge in [-0.25, -0.2) is 0 Å². The van der Waals surface area contributed by atoms with Gasteiger partial charge in [0.25, 0.3) is 0 Å². The van der Waals surface area contributed by atoms with Crippen molar-refractivity contribution < 1.29 is 2.69 Å². The first-order valence-corrected chi connectivity index (χ1v) is 9.63. The van der Waals surface area contributed by atoms with Gasteiger partial charge in [0, 0.05) is 0 Å². The molecular weight excluding hydrogens is 295 g/mol. The second kappa shape index (κ2) is 5.34. The summed E-state index contributed by atoms with van der Waals surface area (Å²) < 4.78 is 12.3. The fraction of sp³-hybridized carbons (Fsp3) is 0.333. The number of rotatable bonds is 4. The van der Waals surface area contributed by atoms with Crippen LogP contribution in [-0.2, 0) is 2.69 Å². The zero-order chi connectivity index (χ0) is 6.41. The molecule has 8 heavy (non-hydrogen) atoms. The molecule has 0 heterocycles. The average Bonchev–Trinajstić information content (AvgIpc) is 1.68. The summed E-state index contributed by atoms with van der Waals surface area (Å²) >= 11 is -2.31. The van der Waals surface area contributed by atoms with E-state index in [0.717, 1.165) is 7.96 Å². The third-order valence-electron chi connectivity index (χ3n) is 0.744. The molecule has 0 unspecified atom stereocenters. The predicted molar refractivity (Wildman–Crippen MR) is 36.4 cm³/mol. The first-order valence-electron chi connectivity index (χ1n) is 2.54. The zero-order valence-electron chi connectivity index (χ0n) is 4.89. The normalized spacial score (nSPS) is 8.00. The van der Waals surface area contributed by atoms with Gasteiger partial charge in [0.05, 0.1) is 0 Å². The van der Waals surface area contributed by atoms with Crippen molar-refractivity contribution >= 4 is 22.7 Å². The summed E-state index contributed by atoms with van der Waals surface area (Å²) in [5, 5.41) is 0. The first kappa shape index (κ1) is 8.20. The van der Waals surface area contributed by atoms with E-state index in [2.05, 4.69) is 13.2 Å². The van der Waals surface area contributed by atoms with E-state index in [1.807, 2.05) is 0 Å². The van der Waals surface area contributed by atoms with Gasteiger partial charge < -0.3 is 0 Å². The molecule has 0 bridgehead atoms. The van der Waals surface area contributed by atoms with E-state index in [-0.39, 0.29) is 0 Å². The summed E-state index contributed by atoms with van der Waals surface area (Å²) in [5.41, 5.74) is 0. The van der Waals surface area contributed by atoms with E-state index < -0.39 is 22.7 Å². The van der Waals surface area contributed by atoms with Crippen molar-refractivity contribution in [2.75, 3.05) is 0 Å². The van der Waals surface area contributed by atoms with Gasteiger partial charge in [0.2, 0.25) is 0 Å². The Morgan fingerprint density at radius 1 is 1.25 bits per heavy atom. The maximum absolute atomic E-state index is 10.8. The molecule has 0 aromatic carbocycles. The third-order valence-corrected chi connectivity index (χ3v) is 6.53. The summed E-state index contributed by atoms with van der Waals surface area (Å²) in [6.45, 7) is 7.00. The van der Waals surface area contributed by atoms with Crippen LogP contribution in [0.1, 0.15) is 0 Å². The molecular formula is C6H10OPb. The van der Waals surface area contributed by atoms with Gasteiger partial charge in [-0.1, -0.05) is 0 Å². The molecule has 1 nitrogen and oxygen atoms in total. The Hall–Kier alpha value is 0.202. The van der Waals surface area contributed by atoms with E-state index in [9.17, 15) is 2.69 Å². The van der Waals surface area contributed by atoms with Crippen molar-refractivity contribution in [2.24, 2.45) is 0 Å². The Morgan fingerprint density at radius 2 is 1.62 bits per heavy atom. The van der Waals surface area contributed by atoms with Crippen LogP contribution in [0.25, 0.3) is 0 Å². The number of hydrogen-bond donors (Lipinski definition) is 0. The molecule has 0 N–H and O–H groups in total. The predicted octanol–water partition coefficient (Wildman–Crippen LogP) is 1.78. The summed E-state index contributed by atoms with van der Waals surface area (Å²) in [4.78, 5) is 0. The molecule has 0 amide bonds. The minimum absolute atomic E-state index is 0.761.